The van der Waals surface area contributed by atoms with Gasteiger partial charge in [-0.1, -0.05) is 13.8 Å². The first-order chi connectivity index (χ1) is 10.4. The van der Waals surface area contributed by atoms with Gasteiger partial charge < -0.3 is 16.4 Å². The van der Waals surface area contributed by atoms with Crippen molar-refractivity contribution >= 4 is 11.8 Å². The summed E-state index contributed by atoms with van der Waals surface area (Å²) in [4.78, 5) is 23.8. The van der Waals surface area contributed by atoms with Crippen LogP contribution in [0.2, 0.25) is 0 Å². The first-order valence-corrected chi connectivity index (χ1v) is 7.73. The number of hydrogen-bond acceptors (Lipinski definition) is 4. The van der Waals surface area contributed by atoms with Gasteiger partial charge in [0.25, 0.3) is 0 Å². The summed E-state index contributed by atoms with van der Waals surface area (Å²) in [6.45, 7) is 3.69. The molecule has 22 heavy (non-hydrogen) atoms. The molecule has 7 heteroatoms. The molecule has 2 amide bonds. The second-order valence-corrected chi connectivity index (χ2v) is 6.17. The molecular weight excluding hydrogens is 282 g/mol. The molecule has 0 aromatic carbocycles. The van der Waals surface area contributed by atoms with Gasteiger partial charge in [-0.2, -0.15) is 5.10 Å². The van der Waals surface area contributed by atoms with E-state index in [1.807, 2.05) is 31.8 Å². The van der Waals surface area contributed by atoms with Crippen LogP contribution in [0.1, 0.15) is 44.0 Å². The molecule has 2 rings (SSSR count). The van der Waals surface area contributed by atoms with Gasteiger partial charge in [0, 0.05) is 18.3 Å². The van der Waals surface area contributed by atoms with E-state index in [1.54, 1.807) is 0 Å². The van der Waals surface area contributed by atoms with Crippen LogP contribution in [0.5, 0.6) is 0 Å². The average Bonchev–Trinajstić information content (AvgIpc) is 2.86. The molecule has 122 valence electrons. The van der Waals surface area contributed by atoms with E-state index in [9.17, 15) is 9.59 Å². The van der Waals surface area contributed by atoms with E-state index in [4.69, 9.17) is 5.73 Å². The molecule has 2 atom stereocenters. The van der Waals surface area contributed by atoms with Crippen LogP contribution in [0, 0.1) is 5.92 Å². The van der Waals surface area contributed by atoms with E-state index in [2.05, 4.69) is 15.7 Å². The Balaban J connectivity index is 1.87. The number of aromatic nitrogens is 2. The Morgan fingerprint density at radius 1 is 1.50 bits per heavy atom. The van der Waals surface area contributed by atoms with Crippen LogP contribution in [0.3, 0.4) is 0 Å². The van der Waals surface area contributed by atoms with Crippen LogP contribution in [0.15, 0.2) is 6.20 Å². The van der Waals surface area contributed by atoms with Gasteiger partial charge in [0.15, 0.2) is 0 Å². The van der Waals surface area contributed by atoms with Crippen molar-refractivity contribution < 1.29 is 9.59 Å². The number of nitrogens with one attached hydrogen (secondary N) is 2. The topological polar surface area (TPSA) is 102 Å². The van der Waals surface area contributed by atoms with E-state index >= 15 is 0 Å². The van der Waals surface area contributed by atoms with Crippen LogP contribution in [0.25, 0.3) is 0 Å². The number of nitrogens with two attached hydrogens (primary N) is 1. The first kappa shape index (κ1) is 16.5. The third-order valence-electron chi connectivity index (χ3n) is 4.16. The smallest absolute Gasteiger partial charge is 0.239 e. The average molecular weight is 307 g/mol. The van der Waals surface area contributed by atoms with Gasteiger partial charge in [-0.3, -0.25) is 14.3 Å². The fourth-order valence-corrected chi connectivity index (χ4v) is 2.69. The molecule has 0 radical (unpaired) electrons. The Bertz CT molecular complexity index is 552. The minimum atomic E-state index is -0.590. The predicted octanol–water partition coefficient (Wildman–Crippen LogP) is 0.0132. The lowest BCUT2D eigenvalue weighted by Crippen LogP contribution is -2.47. The highest BCUT2D eigenvalue weighted by molar-refractivity contribution is 5.87. The van der Waals surface area contributed by atoms with Crippen LogP contribution in [-0.4, -0.2) is 34.2 Å². The Morgan fingerprint density at radius 2 is 2.23 bits per heavy atom. The van der Waals surface area contributed by atoms with Crippen molar-refractivity contribution in [2.75, 3.05) is 6.54 Å². The zero-order valence-corrected chi connectivity index (χ0v) is 13.4. The molecule has 1 aliphatic rings. The number of carbonyl (C=O) groups excluding carboxylic acids is 2. The Labute approximate surface area is 130 Å². The van der Waals surface area contributed by atoms with Crippen molar-refractivity contribution in [2.45, 2.75) is 45.2 Å². The van der Waals surface area contributed by atoms with Gasteiger partial charge in [0.1, 0.15) is 0 Å². The van der Waals surface area contributed by atoms with Gasteiger partial charge in [-0.05, 0) is 25.2 Å². The Morgan fingerprint density at radius 3 is 2.91 bits per heavy atom. The number of rotatable bonds is 5. The summed E-state index contributed by atoms with van der Waals surface area (Å²) in [5.41, 5.74) is 7.99. The second-order valence-electron chi connectivity index (χ2n) is 6.17. The summed E-state index contributed by atoms with van der Waals surface area (Å²) in [6.07, 6.45) is 4.71. The maximum atomic E-state index is 12.0. The van der Waals surface area contributed by atoms with E-state index in [1.165, 1.54) is 5.69 Å². The van der Waals surface area contributed by atoms with Gasteiger partial charge in [0.2, 0.25) is 11.8 Å². The predicted molar refractivity (Wildman–Crippen MR) is 82.9 cm³/mol. The fraction of sp³-hybridized carbons (Fsp3) is 0.667. The van der Waals surface area contributed by atoms with E-state index in [-0.39, 0.29) is 30.3 Å². The molecule has 0 aliphatic heterocycles. The van der Waals surface area contributed by atoms with Gasteiger partial charge in [0.05, 0.1) is 24.8 Å². The lowest BCUT2D eigenvalue weighted by atomic mass is 9.93. The van der Waals surface area contributed by atoms with Crippen molar-refractivity contribution in [3.05, 3.63) is 17.5 Å². The SMILES string of the molecule is CC(C)[C@H](N)C(=O)NCC(=O)NC1CCCc2c1cnn2C. The molecular formula is C15H25N5O2. The van der Waals surface area contributed by atoms with E-state index in [0.29, 0.717) is 0 Å². The third kappa shape index (κ3) is 3.65. The van der Waals surface area contributed by atoms with Crippen molar-refractivity contribution in [1.82, 2.24) is 20.4 Å². The van der Waals surface area contributed by atoms with Gasteiger partial charge >= 0.3 is 0 Å². The minimum Gasteiger partial charge on any atom is -0.348 e. The summed E-state index contributed by atoms with van der Waals surface area (Å²) < 4.78 is 1.86. The molecule has 0 fully saturated rings. The third-order valence-corrected chi connectivity index (χ3v) is 4.16. The minimum absolute atomic E-state index is 0.0272. The quantitative estimate of drug-likeness (QED) is 0.713. The van der Waals surface area contributed by atoms with Crippen molar-refractivity contribution in [3.63, 3.8) is 0 Å². The number of amides is 2. The summed E-state index contributed by atoms with van der Waals surface area (Å²) in [5.74, 6) is -0.457. The standard InChI is InChI=1S/C15H25N5O2/c1-9(2)14(16)15(22)17-8-13(21)19-11-5-4-6-12-10(11)7-18-20(12)3/h7,9,11,14H,4-6,8,16H2,1-3H3,(H,17,22)(H,19,21)/t11?,14-/m0/s1. The highest BCUT2D eigenvalue weighted by Crippen LogP contribution is 2.28. The molecule has 0 spiro atoms. The first-order valence-electron chi connectivity index (χ1n) is 7.73. The van der Waals surface area contributed by atoms with Crippen LogP contribution in [-0.2, 0) is 23.1 Å². The molecule has 0 saturated heterocycles. The van der Waals surface area contributed by atoms with Crippen molar-refractivity contribution in [2.24, 2.45) is 18.7 Å². The molecule has 1 aliphatic carbocycles. The number of aryl methyl sites for hydroxylation is 1. The Kier molecular flexibility index (Phi) is 5.18. The van der Waals surface area contributed by atoms with Crippen LogP contribution >= 0.6 is 0 Å². The highest BCUT2D eigenvalue weighted by Gasteiger charge is 2.25. The molecule has 0 saturated carbocycles. The zero-order valence-electron chi connectivity index (χ0n) is 13.4. The Hall–Kier alpha value is -1.89. The summed E-state index contributed by atoms with van der Waals surface area (Å²) in [6, 6.07) is -0.618. The fourth-order valence-electron chi connectivity index (χ4n) is 2.69. The van der Waals surface area contributed by atoms with Gasteiger partial charge in [-0.15, -0.1) is 0 Å². The lowest BCUT2D eigenvalue weighted by Gasteiger charge is -2.24. The van der Waals surface area contributed by atoms with Crippen LogP contribution < -0.4 is 16.4 Å². The highest BCUT2D eigenvalue weighted by atomic mass is 16.2. The monoisotopic (exact) mass is 307 g/mol. The zero-order chi connectivity index (χ0) is 16.3. The molecule has 1 aromatic heterocycles. The molecule has 1 heterocycles. The molecule has 4 N–H and O–H groups in total. The van der Waals surface area contributed by atoms with E-state index in [0.717, 1.165) is 24.8 Å². The molecule has 7 nitrogen and oxygen atoms in total. The molecule has 1 unspecified atom stereocenters. The summed E-state index contributed by atoms with van der Waals surface area (Å²) >= 11 is 0. The maximum Gasteiger partial charge on any atom is 0.239 e. The number of carbonyl (C=O) groups is 2. The van der Waals surface area contributed by atoms with Crippen molar-refractivity contribution in [3.8, 4) is 0 Å². The number of hydrogen-bond donors (Lipinski definition) is 3. The number of fused-ring (bicyclic) bond motifs is 1. The van der Waals surface area contributed by atoms with Crippen LogP contribution in [0.4, 0.5) is 0 Å². The largest absolute Gasteiger partial charge is 0.348 e. The second kappa shape index (κ2) is 6.91. The van der Waals surface area contributed by atoms with E-state index < -0.39 is 6.04 Å². The summed E-state index contributed by atoms with van der Waals surface area (Å²) in [5, 5.41) is 9.80. The normalized spacial score (nSPS) is 18.7. The molecule has 1 aromatic rings. The lowest BCUT2D eigenvalue weighted by molar-refractivity contribution is -0.127. The molecule has 0 bridgehead atoms. The maximum absolute atomic E-state index is 12.0. The van der Waals surface area contributed by atoms with Gasteiger partial charge in [-0.25, -0.2) is 0 Å². The van der Waals surface area contributed by atoms with Crippen molar-refractivity contribution in [1.29, 1.82) is 0 Å². The summed E-state index contributed by atoms with van der Waals surface area (Å²) in [7, 11) is 1.91. The number of nitrogens with zero attached hydrogens (tertiary/aromatic N) is 2.